The van der Waals surface area contributed by atoms with Crippen LogP contribution in [-0.4, -0.2) is 40.6 Å². The summed E-state index contributed by atoms with van der Waals surface area (Å²) in [5.74, 6) is 1.72. The second-order valence-corrected chi connectivity index (χ2v) is 6.95. The van der Waals surface area contributed by atoms with Crippen molar-refractivity contribution in [3.8, 4) is 28.9 Å². The summed E-state index contributed by atoms with van der Waals surface area (Å²) in [5.41, 5.74) is 2.55. The minimum Gasteiger partial charge on any atom is -0.508 e. The van der Waals surface area contributed by atoms with Gasteiger partial charge in [-0.3, -0.25) is 5.41 Å². The molecule has 8 heteroatoms. The first-order valence-corrected chi connectivity index (χ1v) is 9.54. The maximum Gasteiger partial charge on any atom is 0.228 e. The molecule has 0 bridgehead atoms. The lowest BCUT2D eigenvalue weighted by molar-refractivity contribution is 0.278. The van der Waals surface area contributed by atoms with Crippen LogP contribution in [0.3, 0.4) is 0 Å². The maximum absolute atomic E-state index is 9.94. The molecule has 1 aromatic heterocycles. The molecule has 0 saturated carbocycles. The van der Waals surface area contributed by atoms with Crippen molar-refractivity contribution in [3.63, 3.8) is 0 Å². The van der Waals surface area contributed by atoms with Gasteiger partial charge in [-0.15, -0.1) is 0 Å². The van der Waals surface area contributed by atoms with E-state index in [-0.39, 0.29) is 23.8 Å². The van der Waals surface area contributed by atoms with E-state index in [9.17, 15) is 10.2 Å². The summed E-state index contributed by atoms with van der Waals surface area (Å²) in [6, 6.07) is 10.6. The van der Waals surface area contributed by atoms with Gasteiger partial charge in [0.2, 0.25) is 5.88 Å². The fourth-order valence-corrected chi connectivity index (χ4v) is 3.75. The Kier molecular flexibility index (Phi) is 5.33. The Morgan fingerprint density at radius 3 is 2.67 bits per heavy atom. The summed E-state index contributed by atoms with van der Waals surface area (Å²) in [6.45, 7) is 0.498. The normalized spacial score (nSPS) is 14.4. The lowest BCUT2D eigenvalue weighted by Gasteiger charge is -2.29. The molecule has 0 saturated heterocycles. The van der Waals surface area contributed by atoms with Gasteiger partial charge in [0.15, 0.2) is 11.5 Å². The predicted molar refractivity (Wildman–Crippen MR) is 108 cm³/mol. The van der Waals surface area contributed by atoms with Gasteiger partial charge in [-0.2, -0.15) is 0 Å². The zero-order valence-corrected chi connectivity index (χ0v) is 16.8. The third-order valence-corrected chi connectivity index (χ3v) is 5.19. The Hall–Kier alpha value is -3.52. The third kappa shape index (κ3) is 3.35. The largest absolute Gasteiger partial charge is 0.508 e. The molecule has 0 fully saturated rings. The van der Waals surface area contributed by atoms with Gasteiger partial charge in [0.25, 0.3) is 0 Å². The average Bonchev–Trinajstić information content (AvgIpc) is 2.76. The monoisotopic (exact) mass is 409 g/mol. The lowest BCUT2D eigenvalue weighted by atomic mass is 9.83. The quantitative estimate of drug-likeness (QED) is 0.452. The summed E-state index contributed by atoms with van der Waals surface area (Å²) < 4.78 is 18.5. The molecule has 1 aliphatic heterocycles. The lowest BCUT2D eigenvalue weighted by Crippen LogP contribution is -2.30. The minimum atomic E-state index is -0.356. The number of aliphatic hydroxyl groups excluding tert-OH is 1. The van der Waals surface area contributed by atoms with Gasteiger partial charge in [-0.05, 0) is 30.2 Å². The van der Waals surface area contributed by atoms with Gasteiger partial charge in [-0.25, -0.2) is 4.98 Å². The number of benzene rings is 2. The van der Waals surface area contributed by atoms with E-state index in [1.165, 1.54) is 6.33 Å². The number of methoxy groups -OCH3 is 2. The summed E-state index contributed by atoms with van der Waals surface area (Å²) in [6.07, 6.45) is 2.06. The highest BCUT2D eigenvalue weighted by Crippen LogP contribution is 2.47. The van der Waals surface area contributed by atoms with Crippen LogP contribution in [0.15, 0.2) is 42.7 Å². The van der Waals surface area contributed by atoms with Gasteiger partial charge >= 0.3 is 0 Å². The van der Waals surface area contributed by atoms with Crippen molar-refractivity contribution in [2.24, 2.45) is 0 Å². The van der Waals surface area contributed by atoms with Crippen LogP contribution in [0, 0.1) is 5.41 Å². The van der Waals surface area contributed by atoms with Crippen LogP contribution in [-0.2, 0) is 6.54 Å². The molecule has 1 atom stereocenters. The van der Waals surface area contributed by atoms with Gasteiger partial charge in [0.05, 0.1) is 19.8 Å². The summed E-state index contributed by atoms with van der Waals surface area (Å²) in [5, 5.41) is 27.9. The number of nitrogens with one attached hydrogen (secondary N) is 1. The van der Waals surface area contributed by atoms with E-state index >= 15 is 0 Å². The smallest absolute Gasteiger partial charge is 0.228 e. The highest BCUT2D eigenvalue weighted by Gasteiger charge is 2.32. The van der Waals surface area contributed by atoms with E-state index in [1.807, 2.05) is 18.2 Å². The molecular weight excluding hydrogens is 386 g/mol. The van der Waals surface area contributed by atoms with Crippen molar-refractivity contribution in [3.05, 3.63) is 64.9 Å². The molecule has 0 spiro atoms. The topological polar surface area (TPSA) is 110 Å². The van der Waals surface area contributed by atoms with Crippen LogP contribution < -0.4 is 19.7 Å². The molecule has 156 valence electrons. The molecule has 4 rings (SSSR count). The third-order valence-electron chi connectivity index (χ3n) is 5.19. The standard InChI is InChI=1S/C22H23N3O5/c1-28-16-7-4-13(10-18(16)29-2)19-15-6-5-14(27)11-17(15)30-22-20(19)21(23)25(12-24-22)8-3-9-26/h4-7,10-12,19,23,26-27H,3,8-9H2,1-2H3/t19-/m0/s1. The SMILES string of the molecule is COc1ccc([C@H]2c3ccc(O)cc3Oc3ncn(CCCO)c(=N)c32)cc1OC. The Balaban J connectivity index is 1.94. The van der Waals surface area contributed by atoms with Gasteiger partial charge in [-0.1, -0.05) is 12.1 Å². The molecule has 0 unspecified atom stereocenters. The molecule has 2 heterocycles. The van der Waals surface area contributed by atoms with Crippen molar-refractivity contribution in [1.29, 1.82) is 5.41 Å². The Morgan fingerprint density at radius 2 is 1.93 bits per heavy atom. The Labute approximate surface area is 173 Å². The van der Waals surface area contributed by atoms with Crippen molar-refractivity contribution in [2.45, 2.75) is 18.9 Å². The minimum absolute atomic E-state index is 0.0290. The summed E-state index contributed by atoms with van der Waals surface area (Å²) in [7, 11) is 3.15. The number of ether oxygens (including phenoxy) is 3. The summed E-state index contributed by atoms with van der Waals surface area (Å²) >= 11 is 0. The van der Waals surface area contributed by atoms with Crippen LogP contribution in [0.2, 0.25) is 0 Å². The van der Waals surface area contributed by atoms with Crippen LogP contribution in [0.25, 0.3) is 0 Å². The Bertz CT molecular complexity index is 1140. The fourth-order valence-electron chi connectivity index (χ4n) is 3.75. The number of hydrogen-bond donors (Lipinski definition) is 3. The number of aryl methyl sites for hydroxylation is 1. The molecule has 3 aromatic rings. The number of fused-ring (bicyclic) bond motifs is 2. The predicted octanol–water partition coefficient (Wildman–Crippen LogP) is 2.75. The van der Waals surface area contributed by atoms with Gasteiger partial charge in [0, 0.05) is 30.7 Å². The van der Waals surface area contributed by atoms with Gasteiger partial charge < -0.3 is 29.0 Å². The first-order valence-electron chi connectivity index (χ1n) is 9.54. The van der Waals surface area contributed by atoms with Crippen LogP contribution in [0.1, 0.15) is 29.0 Å². The van der Waals surface area contributed by atoms with Crippen molar-refractivity contribution < 1.29 is 24.4 Å². The molecule has 0 radical (unpaired) electrons. The average molecular weight is 409 g/mol. The van der Waals surface area contributed by atoms with Crippen LogP contribution in [0.4, 0.5) is 0 Å². The van der Waals surface area contributed by atoms with E-state index < -0.39 is 0 Å². The number of hydrogen-bond acceptors (Lipinski definition) is 7. The van der Waals surface area contributed by atoms with Crippen molar-refractivity contribution >= 4 is 0 Å². The molecule has 1 aliphatic rings. The zero-order chi connectivity index (χ0) is 21.3. The molecule has 0 aliphatic carbocycles. The number of nitrogens with zero attached hydrogens (tertiary/aromatic N) is 2. The molecule has 2 aromatic carbocycles. The number of aromatic nitrogens is 2. The van der Waals surface area contributed by atoms with E-state index in [1.54, 1.807) is 37.0 Å². The highest BCUT2D eigenvalue weighted by molar-refractivity contribution is 5.58. The van der Waals surface area contributed by atoms with Crippen LogP contribution >= 0.6 is 0 Å². The molecule has 3 N–H and O–H groups in total. The van der Waals surface area contributed by atoms with E-state index in [4.69, 9.17) is 19.6 Å². The molecule has 30 heavy (non-hydrogen) atoms. The maximum atomic E-state index is 9.94. The van der Waals surface area contributed by atoms with Gasteiger partial charge in [0.1, 0.15) is 23.3 Å². The number of phenols is 1. The number of rotatable bonds is 6. The number of aromatic hydroxyl groups is 1. The second kappa shape index (κ2) is 8.08. The molecule has 0 amide bonds. The van der Waals surface area contributed by atoms with Crippen molar-refractivity contribution in [2.75, 3.05) is 20.8 Å². The first kappa shape index (κ1) is 19.8. The number of phenolic OH excluding ortho intramolecular Hbond substituents is 1. The highest BCUT2D eigenvalue weighted by atomic mass is 16.5. The molecular formula is C22H23N3O5. The van der Waals surface area contributed by atoms with Crippen molar-refractivity contribution in [1.82, 2.24) is 9.55 Å². The fraction of sp³-hybridized carbons (Fsp3) is 0.273. The van der Waals surface area contributed by atoms with E-state index in [0.29, 0.717) is 41.7 Å². The summed E-state index contributed by atoms with van der Waals surface area (Å²) in [4.78, 5) is 4.42. The zero-order valence-electron chi connectivity index (χ0n) is 16.8. The first-order chi connectivity index (χ1) is 14.6. The van der Waals surface area contributed by atoms with Crippen LogP contribution in [0.5, 0.6) is 28.9 Å². The number of aliphatic hydroxyl groups is 1. The molecule has 8 nitrogen and oxygen atoms in total. The Morgan fingerprint density at radius 1 is 1.13 bits per heavy atom. The van der Waals surface area contributed by atoms with E-state index in [2.05, 4.69) is 4.98 Å². The second-order valence-electron chi connectivity index (χ2n) is 6.95. The van der Waals surface area contributed by atoms with E-state index in [0.717, 1.165) is 11.1 Å².